The molecule has 1 aromatic carbocycles. The van der Waals surface area contributed by atoms with Gasteiger partial charge in [0.25, 0.3) is 0 Å². The van der Waals surface area contributed by atoms with Gasteiger partial charge in [-0.3, -0.25) is 4.98 Å². The van der Waals surface area contributed by atoms with Gasteiger partial charge >= 0.3 is 5.97 Å². The number of hydrogen-bond donors (Lipinski definition) is 1. The van der Waals surface area contributed by atoms with Crippen LogP contribution >= 0.6 is 11.6 Å². The van der Waals surface area contributed by atoms with E-state index in [-0.39, 0.29) is 5.56 Å². The Morgan fingerprint density at radius 1 is 1.35 bits per heavy atom. The number of halogens is 1. The summed E-state index contributed by atoms with van der Waals surface area (Å²) in [6, 6.07) is 5.35. The third-order valence-electron chi connectivity index (χ3n) is 3.73. The Morgan fingerprint density at radius 3 is 2.78 bits per heavy atom. The van der Waals surface area contributed by atoms with E-state index < -0.39 is 5.97 Å². The molecule has 1 N–H and O–H groups in total. The van der Waals surface area contributed by atoms with Gasteiger partial charge in [-0.15, -0.1) is 0 Å². The van der Waals surface area contributed by atoms with Crippen molar-refractivity contribution < 1.29 is 14.6 Å². The van der Waals surface area contributed by atoms with Gasteiger partial charge in [0.05, 0.1) is 13.7 Å². The van der Waals surface area contributed by atoms with Crippen molar-refractivity contribution in [2.24, 2.45) is 0 Å². The lowest BCUT2D eigenvalue weighted by Gasteiger charge is -2.11. The molecule has 0 bridgehead atoms. The van der Waals surface area contributed by atoms with Gasteiger partial charge < -0.3 is 14.4 Å². The van der Waals surface area contributed by atoms with E-state index in [0.717, 1.165) is 5.56 Å². The number of rotatable bonds is 4. The molecule has 118 valence electrons. The molecule has 2 aromatic heterocycles. The normalized spacial score (nSPS) is 10.9. The van der Waals surface area contributed by atoms with E-state index in [1.54, 1.807) is 30.7 Å². The van der Waals surface area contributed by atoms with Crippen LogP contribution in [0.2, 0.25) is 5.02 Å². The Bertz CT molecular complexity index is 905. The summed E-state index contributed by atoms with van der Waals surface area (Å²) in [6.07, 6.45) is 3.02. The molecule has 0 spiro atoms. The second-order valence-electron chi connectivity index (χ2n) is 5.04. The second-order valence-corrected chi connectivity index (χ2v) is 5.44. The fraction of sp³-hybridized carbons (Fsp3) is 0.188. The summed E-state index contributed by atoms with van der Waals surface area (Å²) in [5.74, 6) is -0.341. The van der Waals surface area contributed by atoms with Crippen molar-refractivity contribution in [3.63, 3.8) is 0 Å². The number of aromatic carboxylic acids is 1. The lowest BCUT2D eigenvalue weighted by molar-refractivity contribution is 0.0697. The van der Waals surface area contributed by atoms with Crippen LogP contribution in [-0.4, -0.2) is 32.7 Å². The van der Waals surface area contributed by atoms with Crippen molar-refractivity contribution in [3.05, 3.63) is 52.4 Å². The minimum Gasteiger partial charge on any atom is -0.497 e. The van der Waals surface area contributed by atoms with Gasteiger partial charge in [0.15, 0.2) is 5.65 Å². The molecule has 0 aliphatic rings. The molecule has 0 unspecified atom stereocenters. The van der Waals surface area contributed by atoms with E-state index >= 15 is 0 Å². The average molecular weight is 332 g/mol. The molecule has 3 rings (SSSR count). The van der Waals surface area contributed by atoms with Gasteiger partial charge in [0.2, 0.25) is 0 Å². The maximum Gasteiger partial charge on any atom is 0.339 e. The summed E-state index contributed by atoms with van der Waals surface area (Å²) >= 11 is 6.25. The standard InChI is InChI=1S/C16H14ClN3O3/c1-9-13(16(21)22)14-15(19-6-5-18-14)20(9)8-10-7-11(23-2)3-4-12(10)17/h3-7H,8H2,1-2H3,(H,21,22). The van der Waals surface area contributed by atoms with E-state index in [1.807, 2.05) is 6.07 Å². The van der Waals surface area contributed by atoms with Crippen LogP contribution in [-0.2, 0) is 6.54 Å². The first kappa shape index (κ1) is 15.3. The Morgan fingerprint density at radius 2 is 2.09 bits per heavy atom. The highest BCUT2D eigenvalue weighted by Gasteiger charge is 2.21. The Labute approximate surface area is 137 Å². The highest BCUT2D eigenvalue weighted by Crippen LogP contribution is 2.27. The molecule has 0 atom stereocenters. The van der Waals surface area contributed by atoms with E-state index in [4.69, 9.17) is 16.3 Å². The first-order chi connectivity index (χ1) is 11.0. The summed E-state index contributed by atoms with van der Waals surface area (Å²) in [6.45, 7) is 2.12. The molecular formula is C16H14ClN3O3. The molecule has 0 amide bonds. The number of carbonyl (C=O) groups is 1. The average Bonchev–Trinajstić information content (AvgIpc) is 2.82. The third kappa shape index (κ3) is 2.61. The van der Waals surface area contributed by atoms with Crippen molar-refractivity contribution in [2.75, 3.05) is 7.11 Å². The van der Waals surface area contributed by atoms with Crippen LogP contribution in [0.15, 0.2) is 30.6 Å². The summed E-state index contributed by atoms with van der Waals surface area (Å²) in [4.78, 5) is 20.0. The number of benzene rings is 1. The molecule has 0 radical (unpaired) electrons. The number of carboxylic acids is 1. The van der Waals surface area contributed by atoms with Gasteiger partial charge in [-0.2, -0.15) is 0 Å². The monoisotopic (exact) mass is 331 g/mol. The largest absolute Gasteiger partial charge is 0.497 e. The molecule has 23 heavy (non-hydrogen) atoms. The smallest absolute Gasteiger partial charge is 0.339 e. The number of ether oxygens (including phenoxy) is 1. The molecule has 0 saturated carbocycles. The highest BCUT2D eigenvalue weighted by molar-refractivity contribution is 6.31. The van der Waals surface area contributed by atoms with Gasteiger partial charge in [0, 0.05) is 23.1 Å². The quantitative estimate of drug-likeness (QED) is 0.794. The SMILES string of the molecule is COc1ccc(Cl)c(Cn2c(C)c(C(=O)O)c3nccnc32)c1. The predicted octanol–water partition coefficient (Wildman–Crippen LogP) is 3.15. The summed E-state index contributed by atoms with van der Waals surface area (Å²) in [5, 5.41) is 10.0. The Hall–Kier alpha value is -2.60. The van der Waals surface area contributed by atoms with E-state index in [9.17, 15) is 9.90 Å². The van der Waals surface area contributed by atoms with Crippen LogP contribution in [0.1, 0.15) is 21.6 Å². The number of fused-ring (bicyclic) bond motifs is 1. The van der Waals surface area contributed by atoms with Crippen LogP contribution in [0.4, 0.5) is 0 Å². The molecule has 0 aliphatic heterocycles. The summed E-state index contributed by atoms with van der Waals surface area (Å²) in [7, 11) is 1.58. The van der Waals surface area contributed by atoms with Crippen LogP contribution in [0.3, 0.4) is 0 Å². The zero-order valence-electron chi connectivity index (χ0n) is 12.6. The van der Waals surface area contributed by atoms with Crippen molar-refractivity contribution in [3.8, 4) is 5.75 Å². The topological polar surface area (TPSA) is 77.2 Å². The summed E-state index contributed by atoms with van der Waals surface area (Å²) < 4.78 is 7.02. The van der Waals surface area contributed by atoms with Crippen LogP contribution in [0.5, 0.6) is 5.75 Å². The number of carboxylic acid groups (broad SMARTS) is 1. The van der Waals surface area contributed by atoms with Crippen LogP contribution in [0, 0.1) is 6.92 Å². The fourth-order valence-electron chi connectivity index (χ4n) is 2.59. The van der Waals surface area contributed by atoms with Gasteiger partial charge in [-0.25, -0.2) is 9.78 Å². The molecule has 7 heteroatoms. The van der Waals surface area contributed by atoms with Crippen molar-refractivity contribution in [1.29, 1.82) is 0 Å². The molecule has 0 aliphatic carbocycles. The van der Waals surface area contributed by atoms with Gasteiger partial charge in [-0.1, -0.05) is 11.6 Å². The highest BCUT2D eigenvalue weighted by atomic mass is 35.5. The van der Waals surface area contributed by atoms with Gasteiger partial charge in [-0.05, 0) is 30.7 Å². The van der Waals surface area contributed by atoms with Crippen molar-refractivity contribution in [1.82, 2.24) is 14.5 Å². The third-order valence-corrected chi connectivity index (χ3v) is 4.10. The maximum atomic E-state index is 11.5. The Balaban J connectivity index is 2.18. The van der Waals surface area contributed by atoms with Crippen LogP contribution < -0.4 is 4.74 Å². The van der Waals surface area contributed by atoms with Crippen molar-refractivity contribution >= 4 is 28.7 Å². The zero-order chi connectivity index (χ0) is 16.6. The molecular weight excluding hydrogens is 318 g/mol. The number of hydrogen-bond acceptors (Lipinski definition) is 4. The molecule has 0 saturated heterocycles. The van der Waals surface area contributed by atoms with Gasteiger partial charge in [0.1, 0.15) is 16.8 Å². The van der Waals surface area contributed by atoms with E-state index in [1.165, 1.54) is 12.4 Å². The maximum absolute atomic E-state index is 11.5. The second kappa shape index (κ2) is 5.89. The lowest BCUT2D eigenvalue weighted by Crippen LogP contribution is -2.05. The lowest BCUT2D eigenvalue weighted by atomic mass is 10.2. The Kier molecular flexibility index (Phi) is 3.92. The zero-order valence-corrected chi connectivity index (χ0v) is 13.3. The molecule has 2 heterocycles. The number of nitrogens with zero attached hydrogens (tertiary/aromatic N) is 3. The van der Waals surface area contributed by atoms with Crippen LogP contribution in [0.25, 0.3) is 11.2 Å². The van der Waals surface area contributed by atoms with E-state index in [0.29, 0.717) is 34.2 Å². The summed E-state index contributed by atoms with van der Waals surface area (Å²) in [5.41, 5.74) is 2.44. The number of methoxy groups -OCH3 is 1. The molecule has 0 fully saturated rings. The minimum absolute atomic E-state index is 0.159. The minimum atomic E-state index is -1.02. The number of aromatic nitrogens is 3. The predicted molar refractivity (Wildman–Crippen MR) is 86.3 cm³/mol. The first-order valence-corrected chi connectivity index (χ1v) is 7.26. The van der Waals surface area contributed by atoms with E-state index in [2.05, 4.69) is 9.97 Å². The van der Waals surface area contributed by atoms with Crippen molar-refractivity contribution in [2.45, 2.75) is 13.5 Å². The molecule has 6 nitrogen and oxygen atoms in total. The molecule has 3 aromatic rings. The first-order valence-electron chi connectivity index (χ1n) is 6.88. The fourth-order valence-corrected chi connectivity index (χ4v) is 2.77.